The minimum absolute atomic E-state index is 0.0652. The minimum atomic E-state index is 0.0652. The maximum atomic E-state index is 10.7. The van der Waals surface area contributed by atoms with E-state index in [2.05, 4.69) is 8.51 Å². The molecule has 1 aromatic heterocycles. The van der Waals surface area contributed by atoms with Gasteiger partial charge in [-0.25, -0.2) is 4.98 Å². The van der Waals surface area contributed by atoms with Gasteiger partial charge >= 0.3 is 0 Å². The number of carbonyl (C=O) groups excluding carboxylic acids is 1. The molecule has 0 saturated carbocycles. The number of nitrogens with one attached hydrogen (secondary N) is 1. The van der Waals surface area contributed by atoms with Crippen LogP contribution >= 0.6 is 34.2 Å². The summed E-state index contributed by atoms with van der Waals surface area (Å²) in [5.41, 5.74) is 0. The summed E-state index contributed by atoms with van der Waals surface area (Å²) in [7, 11) is 0. The van der Waals surface area contributed by atoms with Crippen molar-refractivity contribution < 1.29 is 4.79 Å². The summed E-state index contributed by atoms with van der Waals surface area (Å²) in [4.78, 5) is 15.3. The van der Waals surface area contributed by atoms with Gasteiger partial charge in [-0.15, -0.1) is 0 Å². The zero-order valence-corrected chi connectivity index (χ0v) is 8.19. The Morgan fingerprint density at radius 3 is 2.90 bits per heavy atom. The van der Waals surface area contributed by atoms with E-state index in [-0.39, 0.29) is 5.78 Å². The van der Waals surface area contributed by atoms with E-state index in [1.807, 2.05) is 22.9 Å². The molecule has 5 heteroatoms. The molecular weight excluding hydrogens is 263 g/mol. The highest BCUT2D eigenvalue weighted by atomic mass is 127. The molecule has 3 nitrogen and oxygen atoms in total. The monoisotopic (exact) mass is 268 g/mol. The van der Waals surface area contributed by atoms with Crippen molar-refractivity contribution in [3.8, 4) is 0 Å². The van der Waals surface area contributed by atoms with Crippen LogP contribution in [0, 0.1) is 0 Å². The predicted molar refractivity (Wildman–Crippen MR) is 49.8 cm³/mol. The van der Waals surface area contributed by atoms with Gasteiger partial charge in [0.1, 0.15) is 0 Å². The van der Waals surface area contributed by atoms with Gasteiger partial charge in [-0.1, -0.05) is 11.3 Å². The molecular formula is C5H5IN2OS. The third-order valence-electron chi connectivity index (χ3n) is 0.934. The lowest BCUT2D eigenvalue weighted by Gasteiger charge is -1.83. The van der Waals surface area contributed by atoms with Gasteiger partial charge in [0.2, 0.25) is 0 Å². The molecule has 0 aliphatic heterocycles. The fourth-order valence-electron chi connectivity index (χ4n) is 0.481. The zero-order valence-electron chi connectivity index (χ0n) is 5.22. The summed E-state index contributed by atoms with van der Waals surface area (Å²) in [6.45, 7) is 1.53. The predicted octanol–water partition coefficient (Wildman–Crippen LogP) is 2.11. The van der Waals surface area contributed by atoms with Crippen LogP contribution < -0.4 is 3.53 Å². The summed E-state index contributed by atoms with van der Waals surface area (Å²) in [6.07, 6.45) is 1.58. The summed E-state index contributed by atoms with van der Waals surface area (Å²) >= 11 is 3.34. The van der Waals surface area contributed by atoms with E-state index >= 15 is 0 Å². The van der Waals surface area contributed by atoms with Gasteiger partial charge in [-0.2, -0.15) is 0 Å². The van der Waals surface area contributed by atoms with Gasteiger partial charge < -0.3 is 3.53 Å². The van der Waals surface area contributed by atoms with E-state index in [1.54, 1.807) is 6.20 Å². The molecule has 1 rings (SSSR count). The van der Waals surface area contributed by atoms with Crippen molar-refractivity contribution >= 4 is 45.1 Å². The molecule has 0 unspecified atom stereocenters. The SMILES string of the molecule is CC(=O)c1cnc(NI)s1. The number of carbonyl (C=O) groups is 1. The molecule has 0 aromatic carbocycles. The Bertz CT molecular complexity index is 248. The number of hydrogen-bond donors (Lipinski definition) is 1. The van der Waals surface area contributed by atoms with Crippen LogP contribution in [0.1, 0.15) is 16.6 Å². The molecule has 0 atom stereocenters. The number of rotatable bonds is 2. The standard InChI is InChI=1S/C5H5IN2OS/c1-3(9)4-2-7-5(8-6)10-4/h2H,1H3,(H,7,8). The molecule has 1 N–H and O–H groups in total. The van der Waals surface area contributed by atoms with Crippen LogP contribution in [0.4, 0.5) is 5.13 Å². The molecule has 0 bridgehead atoms. The summed E-state index contributed by atoms with van der Waals surface area (Å²) < 4.78 is 2.83. The third kappa shape index (κ3) is 1.66. The maximum absolute atomic E-state index is 10.7. The van der Waals surface area contributed by atoms with Crippen LogP contribution in [-0.4, -0.2) is 10.8 Å². The number of aromatic nitrogens is 1. The van der Waals surface area contributed by atoms with Crippen molar-refractivity contribution in [1.82, 2.24) is 4.98 Å². The molecule has 1 aromatic rings. The number of Topliss-reactive ketones (excluding diaryl/α,β-unsaturated/α-hetero) is 1. The zero-order chi connectivity index (χ0) is 7.56. The number of anilines is 1. The first-order valence-electron chi connectivity index (χ1n) is 2.57. The largest absolute Gasteiger partial charge is 0.304 e. The molecule has 0 radical (unpaired) electrons. The van der Waals surface area contributed by atoms with Crippen LogP contribution in [0.2, 0.25) is 0 Å². The van der Waals surface area contributed by atoms with Crippen molar-refractivity contribution in [3.05, 3.63) is 11.1 Å². The van der Waals surface area contributed by atoms with E-state index in [9.17, 15) is 4.79 Å². The Hall–Kier alpha value is -0.170. The molecule has 0 saturated heterocycles. The lowest BCUT2D eigenvalue weighted by Crippen LogP contribution is -1.83. The number of nitrogens with zero attached hydrogens (tertiary/aromatic N) is 1. The highest BCUT2D eigenvalue weighted by Crippen LogP contribution is 2.19. The molecule has 1 heterocycles. The molecule has 0 amide bonds. The molecule has 54 valence electrons. The van der Waals surface area contributed by atoms with E-state index in [0.29, 0.717) is 4.88 Å². The Kier molecular flexibility index (Phi) is 2.61. The van der Waals surface area contributed by atoms with Crippen molar-refractivity contribution in [2.75, 3.05) is 3.53 Å². The fourth-order valence-corrected chi connectivity index (χ4v) is 1.55. The second kappa shape index (κ2) is 3.29. The highest BCUT2D eigenvalue weighted by Gasteiger charge is 2.03. The molecule has 0 spiro atoms. The van der Waals surface area contributed by atoms with Crippen LogP contribution in [0.15, 0.2) is 6.20 Å². The number of thiazole rings is 1. The lowest BCUT2D eigenvalue weighted by molar-refractivity contribution is 0.102. The number of halogens is 1. The second-order valence-corrected chi connectivity index (χ2v) is 3.25. The molecule has 0 aliphatic carbocycles. The summed E-state index contributed by atoms with van der Waals surface area (Å²) in [5.74, 6) is 0.0652. The second-order valence-electron chi connectivity index (χ2n) is 1.68. The Morgan fingerprint density at radius 1 is 1.90 bits per heavy atom. The summed E-state index contributed by atoms with van der Waals surface area (Å²) in [6, 6.07) is 0. The minimum Gasteiger partial charge on any atom is -0.304 e. The Balaban J connectivity index is 2.88. The number of hydrogen-bond acceptors (Lipinski definition) is 4. The highest BCUT2D eigenvalue weighted by molar-refractivity contribution is 14.1. The van der Waals surface area contributed by atoms with Gasteiger partial charge in [-0.3, -0.25) is 4.79 Å². The average Bonchev–Trinajstić information content (AvgIpc) is 2.34. The van der Waals surface area contributed by atoms with E-state index in [1.165, 1.54) is 18.3 Å². The van der Waals surface area contributed by atoms with Crippen LogP contribution in [0.3, 0.4) is 0 Å². The smallest absolute Gasteiger partial charge is 0.192 e. The van der Waals surface area contributed by atoms with E-state index in [4.69, 9.17) is 0 Å². The van der Waals surface area contributed by atoms with Gasteiger partial charge in [0.25, 0.3) is 0 Å². The van der Waals surface area contributed by atoms with Gasteiger partial charge in [-0.05, 0) is 0 Å². The third-order valence-corrected chi connectivity index (χ3v) is 2.82. The van der Waals surface area contributed by atoms with E-state index in [0.717, 1.165) is 5.13 Å². The van der Waals surface area contributed by atoms with E-state index < -0.39 is 0 Å². The van der Waals surface area contributed by atoms with Crippen LogP contribution in [-0.2, 0) is 0 Å². The maximum Gasteiger partial charge on any atom is 0.192 e. The quantitative estimate of drug-likeness (QED) is 0.507. The first kappa shape index (κ1) is 7.93. The molecule has 0 fully saturated rings. The van der Waals surface area contributed by atoms with Crippen molar-refractivity contribution in [3.63, 3.8) is 0 Å². The normalized spacial score (nSPS) is 9.40. The Morgan fingerprint density at radius 2 is 2.60 bits per heavy atom. The first-order valence-corrected chi connectivity index (χ1v) is 4.47. The first-order chi connectivity index (χ1) is 4.74. The van der Waals surface area contributed by atoms with Gasteiger partial charge in [0, 0.05) is 6.92 Å². The average molecular weight is 268 g/mol. The van der Waals surface area contributed by atoms with Crippen LogP contribution in [0.5, 0.6) is 0 Å². The van der Waals surface area contributed by atoms with Crippen LogP contribution in [0.25, 0.3) is 0 Å². The van der Waals surface area contributed by atoms with Gasteiger partial charge in [0.15, 0.2) is 10.9 Å². The van der Waals surface area contributed by atoms with Crippen molar-refractivity contribution in [1.29, 1.82) is 0 Å². The van der Waals surface area contributed by atoms with Crippen molar-refractivity contribution in [2.45, 2.75) is 6.92 Å². The van der Waals surface area contributed by atoms with Gasteiger partial charge in [0.05, 0.1) is 33.9 Å². The topological polar surface area (TPSA) is 42.0 Å². The van der Waals surface area contributed by atoms with Crippen molar-refractivity contribution in [2.24, 2.45) is 0 Å². The molecule has 10 heavy (non-hydrogen) atoms. The number of ketones is 1. The Labute approximate surface area is 76.4 Å². The lowest BCUT2D eigenvalue weighted by atomic mass is 10.4. The fraction of sp³-hybridized carbons (Fsp3) is 0.200. The summed E-state index contributed by atoms with van der Waals surface area (Å²) in [5, 5.41) is 0.769. The molecule has 0 aliphatic rings.